The van der Waals surface area contributed by atoms with Gasteiger partial charge in [0.2, 0.25) is 22.1 Å². The van der Waals surface area contributed by atoms with Crippen LogP contribution in [0.25, 0.3) is 0 Å². The number of anilines is 3. The molecule has 3 aromatic rings. The van der Waals surface area contributed by atoms with E-state index in [0.717, 1.165) is 35.7 Å². The van der Waals surface area contributed by atoms with Gasteiger partial charge in [-0.05, 0) is 31.4 Å². The Morgan fingerprint density at radius 2 is 1.62 bits per heavy atom. The summed E-state index contributed by atoms with van der Waals surface area (Å²) in [6.07, 6.45) is 4.23. The highest BCUT2D eigenvalue weighted by atomic mass is 32.1. The summed E-state index contributed by atoms with van der Waals surface area (Å²) in [5, 5.41) is 25.1. The van der Waals surface area contributed by atoms with Crippen LogP contribution in [0, 0.1) is 0 Å². The van der Waals surface area contributed by atoms with E-state index in [0.29, 0.717) is 28.2 Å². The van der Waals surface area contributed by atoms with Crippen molar-refractivity contribution in [1.29, 1.82) is 0 Å². The number of rotatable bonds is 8. The molecule has 2 N–H and O–H groups in total. The van der Waals surface area contributed by atoms with Crippen molar-refractivity contribution < 1.29 is 18.4 Å². The Morgan fingerprint density at radius 3 is 2.22 bits per heavy atom. The number of carbonyl (C=O) groups is 2. The summed E-state index contributed by atoms with van der Waals surface area (Å²) >= 11 is 2.77. The van der Waals surface area contributed by atoms with E-state index in [9.17, 15) is 18.4 Å². The van der Waals surface area contributed by atoms with Crippen LogP contribution in [0.1, 0.15) is 66.6 Å². The molecule has 2 fully saturated rings. The maximum Gasteiger partial charge on any atom is 0.282 e. The minimum atomic E-state index is -2.69. The summed E-state index contributed by atoms with van der Waals surface area (Å²) < 4.78 is 26.3. The van der Waals surface area contributed by atoms with Gasteiger partial charge in [0, 0.05) is 18.3 Å². The molecule has 1 unspecified atom stereocenters. The number of hydrogen-bond donors (Lipinski definition) is 2. The first-order valence-corrected chi connectivity index (χ1v) is 13.8. The summed E-state index contributed by atoms with van der Waals surface area (Å²) in [5.41, 5.74) is 0.497. The predicted molar refractivity (Wildman–Crippen MR) is 136 cm³/mol. The van der Waals surface area contributed by atoms with Gasteiger partial charge in [-0.3, -0.25) is 9.59 Å². The van der Waals surface area contributed by atoms with Crippen molar-refractivity contribution in [2.45, 2.75) is 63.2 Å². The van der Waals surface area contributed by atoms with E-state index in [-0.39, 0.29) is 43.2 Å². The molecule has 0 bridgehead atoms. The summed E-state index contributed by atoms with van der Waals surface area (Å²) in [5.74, 6) is -2.19. The first kappa shape index (κ1) is 25.5. The number of hydrogen-bond acceptors (Lipinski definition) is 10. The minimum absolute atomic E-state index is 0.00639. The molecule has 1 aliphatic heterocycles. The van der Waals surface area contributed by atoms with Crippen molar-refractivity contribution in [2.24, 2.45) is 0 Å². The topological polar surface area (TPSA) is 126 Å². The van der Waals surface area contributed by atoms with Gasteiger partial charge in [-0.1, -0.05) is 42.1 Å². The number of halogens is 2. The number of aromatic nitrogens is 5. The van der Waals surface area contributed by atoms with E-state index in [1.807, 2.05) is 0 Å². The van der Waals surface area contributed by atoms with Gasteiger partial charge in [0.05, 0.1) is 25.2 Å². The van der Waals surface area contributed by atoms with Crippen LogP contribution in [0.3, 0.4) is 0 Å². The van der Waals surface area contributed by atoms with E-state index >= 15 is 0 Å². The Bertz CT molecular complexity index is 1270. The minimum Gasteiger partial charge on any atom is -0.344 e. The molecule has 10 nitrogen and oxygen atoms in total. The van der Waals surface area contributed by atoms with E-state index in [1.165, 1.54) is 27.6 Å². The third kappa shape index (κ3) is 6.24. The molecular weight excluding hydrogens is 522 g/mol. The van der Waals surface area contributed by atoms with Gasteiger partial charge in [0.25, 0.3) is 5.92 Å². The average Bonchev–Trinajstić information content (AvgIpc) is 3.52. The smallest absolute Gasteiger partial charge is 0.282 e. The van der Waals surface area contributed by atoms with Crippen molar-refractivity contribution in [3.8, 4) is 0 Å². The van der Waals surface area contributed by atoms with E-state index < -0.39 is 5.92 Å². The van der Waals surface area contributed by atoms with Gasteiger partial charge in [-0.2, -0.15) is 0 Å². The summed E-state index contributed by atoms with van der Waals surface area (Å²) in [4.78, 5) is 30.0. The molecule has 0 aromatic carbocycles. The normalized spacial score (nSPS) is 20.8. The average molecular weight is 549 g/mol. The maximum atomic E-state index is 13.2. The standard InChI is InChI=1S/C23H26F2N8O2S2/c1-2-17(34)27-21-31-29-19(36-21)13-5-3-6-14(9-13)20-30-32-22(37-20)28-18(35)10-15-7-4-8-16(26-15)33-11-23(24,25)12-33/h4,7-8,13-14H,2-3,5-6,9-12H2,1H3,(H,27,31,34)(H,28,32,35)/t13?,14-/m0/s1. The van der Waals surface area contributed by atoms with Crippen LogP contribution >= 0.6 is 22.7 Å². The number of nitrogens with one attached hydrogen (secondary N) is 2. The van der Waals surface area contributed by atoms with Crippen molar-refractivity contribution in [3.63, 3.8) is 0 Å². The number of carbonyl (C=O) groups excluding carboxylic acids is 2. The zero-order chi connectivity index (χ0) is 26.0. The van der Waals surface area contributed by atoms with Crippen LogP contribution in [-0.2, 0) is 16.0 Å². The Kier molecular flexibility index (Phi) is 7.38. The van der Waals surface area contributed by atoms with Gasteiger partial charge in [0.15, 0.2) is 0 Å². The lowest BCUT2D eigenvalue weighted by Crippen LogP contribution is -2.56. The molecule has 4 heterocycles. The van der Waals surface area contributed by atoms with Crippen molar-refractivity contribution in [2.75, 3.05) is 28.6 Å². The molecule has 14 heteroatoms. The second-order valence-corrected chi connectivity index (χ2v) is 11.3. The number of nitrogens with zero attached hydrogens (tertiary/aromatic N) is 6. The summed E-state index contributed by atoms with van der Waals surface area (Å²) in [6, 6.07) is 5.07. The van der Waals surface area contributed by atoms with Crippen LogP contribution in [0.4, 0.5) is 24.9 Å². The lowest BCUT2D eigenvalue weighted by Gasteiger charge is -2.39. The van der Waals surface area contributed by atoms with Crippen molar-refractivity contribution in [1.82, 2.24) is 25.4 Å². The Morgan fingerprint density at radius 1 is 1.00 bits per heavy atom. The van der Waals surface area contributed by atoms with Gasteiger partial charge < -0.3 is 15.5 Å². The van der Waals surface area contributed by atoms with Crippen LogP contribution < -0.4 is 15.5 Å². The number of pyridine rings is 1. The fourth-order valence-corrected chi connectivity index (χ4v) is 6.30. The highest BCUT2D eigenvalue weighted by Crippen LogP contribution is 2.43. The van der Waals surface area contributed by atoms with Crippen molar-refractivity contribution >= 4 is 50.6 Å². The molecule has 2 atom stereocenters. The zero-order valence-electron chi connectivity index (χ0n) is 20.1. The monoisotopic (exact) mass is 548 g/mol. The van der Waals surface area contributed by atoms with E-state index in [4.69, 9.17) is 0 Å². The first-order chi connectivity index (χ1) is 17.8. The highest BCUT2D eigenvalue weighted by Gasteiger charge is 2.44. The second-order valence-electron chi connectivity index (χ2n) is 9.28. The van der Waals surface area contributed by atoms with Crippen molar-refractivity contribution in [3.05, 3.63) is 33.9 Å². The van der Waals surface area contributed by atoms with Gasteiger partial charge in [-0.15, -0.1) is 20.4 Å². The van der Waals surface area contributed by atoms with Gasteiger partial charge in [0.1, 0.15) is 15.8 Å². The molecule has 2 amide bonds. The molecule has 1 saturated carbocycles. The third-order valence-electron chi connectivity index (χ3n) is 6.37. The van der Waals surface area contributed by atoms with E-state index in [1.54, 1.807) is 25.1 Å². The zero-order valence-corrected chi connectivity index (χ0v) is 21.7. The molecular formula is C23H26F2N8O2S2. The van der Waals surface area contributed by atoms with Crippen LogP contribution in [0.2, 0.25) is 0 Å². The number of amides is 2. The lowest BCUT2D eigenvalue weighted by molar-refractivity contribution is -0.116. The highest BCUT2D eigenvalue weighted by molar-refractivity contribution is 7.15. The molecule has 0 radical (unpaired) electrons. The fraction of sp³-hybridized carbons (Fsp3) is 0.522. The van der Waals surface area contributed by atoms with Crippen LogP contribution in [-0.4, -0.2) is 56.2 Å². The summed E-state index contributed by atoms with van der Waals surface area (Å²) in [6.45, 7) is 1.07. The number of alkyl halides is 2. The lowest BCUT2D eigenvalue weighted by atomic mass is 9.82. The van der Waals surface area contributed by atoms with E-state index in [2.05, 4.69) is 36.0 Å². The predicted octanol–water partition coefficient (Wildman–Crippen LogP) is 4.21. The quantitative estimate of drug-likeness (QED) is 0.429. The Labute approximate surface area is 219 Å². The molecule has 1 aliphatic carbocycles. The van der Waals surface area contributed by atoms with Crippen LogP contribution in [0.5, 0.6) is 0 Å². The largest absolute Gasteiger partial charge is 0.344 e. The SMILES string of the molecule is CCC(=O)Nc1nnc(C2CCC[C@H](c3nnc(NC(=O)Cc4cccc(N5CC(F)(F)C5)n4)s3)C2)s1. The molecule has 1 saturated heterocycles. The molecule has 0 spiro atoms. The van der Waals surface area contributed by atoms with Crippen LogP contribution in [0.15, 0.2) is 18.2 Å². The Balaban J connectivity index is 1.16. The summed E-state index contributed by atoms with van der Waals surface area (Å²) in [7, 11) is 0. The fourth-order valence-electron chi connectivity index (χ4n) is 4.49. The molecule has 3 aromatic heterocycles. The molecule has 37 heavy (non-hydrogen) atoms. The maximum absolute atomic E-state index is 13.2. The van der Waals surface area contributed by atoms with Gasteiger partial charge >= 0.3 is 0 Å². The molecule has 5 rings (SSSR count). The van der Waals surface area contributed by atoms with Gasteiger partial charge in [-0.25, -0.2) is 13.8 Å². The first-order valence-electron chi connectivity index (χ1n) is 12.1. The molecule has 196 valence electrons. The Hall–Kier alpha value is -3.13. The third-order valence-corrected chi connectivity index (χ3v) is 8.37. The second kappa shape index (κ2) is 10.7. The molecule has 2 aliphatic rings.